The summed E-state index contributed by atoms with van der Waals surface area (Å²) in [5.41, 5.74) is 2.66. The molecule has 2 heterocycles. The minimum absolute atomic E-state index is 0.179. The average molecular weight is 353 g/mol. The van der Waals surface area contributed by atoms with Gasteiger partial charge in [0.1, 0.15) is 0 Å². The van der Waals surface area contributed by atoms with Gasteiger partial charge in [-0.25, -0.2) is 4.79 Å². The number of carbonyl (C=O) groups is 1. The lowest BCUT2D eigenvalue weighted by atomic mass is 10.0. The average Bonchev–Trinajstić information content (AvgIpc) is 2.97. The normalized spacial score (nSPS) is 19.7. The molecule has 1 aliphatic heterocycles. The monoisotopic (exact) mass is 353 g/mol. The van der Waals surface area contributed by atoms with Gasteiger partial charge in [0.05, 0.1) is 11.2 Å². The zero-order valence-electron chi connectivity index (χ0n) is 15.9. The van der Waals surface area contributed by atoms with Gasteiger partial charge in [-0.05, 0) is 56.0 Å². The first-order chi connectivity index (χ1) is 12.3. The number of rotatable bonds is 4. The van der Waals surface area contributed by atoms with E-state index >= 15 is 0 Å². The minimum atomic E-state index is -0.297. The lowest BCUT2D eigenvalue weighted by Gasteiger charge is -2.26. The Morgan fingerprint density at radius 2 is 1.88 bits per heavy atom. The number of hydrogen-bond donors (Lipinski definition) is 2. The lowest BCUT2D eigenvalue weighted by Crippen LogP contribution is -2.49. The summed E-state index contributed by atoms with van der Waals surface area (Å²) in [6, 6.07) is 11.7. The number of urea groups is 1. The molecule has 26 heavy (non-hydrogen) atoms. The van der Waals surface area contributed by atoms with Crippen LogP contribution in [0.1, 0.15) is 44.4 Å². The van der Waals surface area contributed by atoms with Gasteiger partial charge in [-0.1, -0.05) is 26.0 Å². The standard InChI is InChI=1S/C20H27N5O/c1-14(2)16-6-8-17(9-7-16)21-19(26)22-20(4)11-12-25(13-20)18-10-5-15(3)23-24-18/h5-10,14H,11-13H2,1-4H3,(H2,21,22,26)/t20-/m0/s1. The van der Waals surface area contributed by atoms with Crippen LogP contribution in [0.2, 0.25) is 0 Å². The molecule has 138 valence electrons. The molecule has 6 nitrogen and oxygen atoms in total. The van der Waals surface area contributed by atoms with Gasteiger partial charge in [-0.15, -0.1) is 5.10 Å². The van der Waals surface area contributed by atoms with Crippen molar-refractivity contribution in [2.75, 3.05) is 23.3 Å². The first kappa shape index (κ1) is 18.2. The van der Waals surface area contributed by atoms with E-state index in [0.29, 0.717) is 12.5 Å². The number of aryl methyl sites for hydroxylation is 1. The summed E-state index contributed by atoms with van der Waals surface area (Å²) in [6.07, 6.45) is 0.863. The van der Waals surface area contributed by atoms with Crippen LogP contribution in [0.15, 0.2) is 36.4 Å². The fourth-order valence-electron chi connectivity index (χ4n) is 3.21. The molecular weight excluding hydrogens is 326 g/mol. The molecule has 3 rings (SSSR count). The van der Waals surface area contributed by atoms with E-state index in [1.807, 2.05) is 31.2 Å². The Bertz CT molecular complexity index is 757. The summed E-state index contributed by atoms with van der Waals surface area (Å²) < 4.78 is 0. The third-order valence-electron chi connectivity index (χ3n) is 4.83. The van der Waals surface area contributed by atoms with E-state index in [9.17, 15) is 4.79 Å². The van der Waals surface area contributed by atoms with E-state index in [4.69, 9.17) is 0 Å². The van der Waals surface area contributed by atoms with Crippen LogP contribution in [-0.2, 0) is 0 Å². The summed E-state index contributed by atoms with van der Waals surface area (Å²) in [5.74, 6) is 1.33. The molecule has 1 aromatic carbocycles. The second kappa shape index (κ2) is 7.32. The Morgan fingerprint density at radius 1 is 1.15 bits per heavy atom. The van der Waals surface area contributed by atoms with Crippen molar-refractivity contribution in [2.45, 2.75) is 45.6 Å². The van der Waals surface area contributed by atoms with Crippen LogP contribution in [0.4, 0.5) is 16.3 Å². The van der Waals surface area contributed by atoms with Gasteiger partial charge in [-0.3, -0.25) is 0 Å². The Morgan fingerprint density at radius 3 is 2.50 bits per heavy atom. The number of benzene rings is 1. The highest BCUT2D eigenvalue weighted by Crippen LogP contribution is 2.25. The first-order valence-corrected chi connectivity index (χ1v) is 9.09. The van der Waals surface area contributed by atoms with Crippen molar-refractivity contribution in [1.82, 2.24) is 15.5 Å². The number of hydrogen-bond acceptors (Lipinski definition) is 4. The number of anilines is 2. The SMILES string of the molecule is Cc1ccc(N2CC[C@](C)(NC(=O)Nc3ccc(C(C)C)cc3)C2)nn1. The minimum Gasteiger partial charge on any atom is -0.353 e. The van der Waals surface area contributed by atoms with Gasteiger partial charge in [0.2, 0.25) is 0 Å². The second-order valence-corrected chi connectivity index (χ2v) is 7.62. The van der Waals surface area contributed by atoms with Crippen molar-refractivity contribution in [2.24, 2.45) is 0 Å². The maximum absolute atomic E-state index is 12.4. The topological polar surface area (TPSA) is 70.2 Å². The second-order valence-electron chi connectivity index (χ2n) is 7.62. The van der Waals surface area contributed by atoms with Crippen LogP contribution in [0.25, 0.3) is 0 Å². The van der Waals surface area contributed by atoms with E-state index in [2.05, 4.69) is 58.6 Å². The largest absolute Gasteiger partial charge is 0.353 e. The van der Waals surface area contributed by atoms with Crippen molar-refractivity contribution >= 4 is 17.5 Å². The molecule has 2 N–H and O–H groups in total. The van der Waals surface area contributed by atoms with Gasteiger partial charge in [0, 0.05) is 18.8 Å². The predicted octanol–water partition coefficient (Wildman–Crippen LogP) is 3.70. The summed E-state index contributed by atoms with van der Waals surface area (Å²) in [6.45, 7) is 9.85. The summed E-state index contributed by atoms with van der Waals surface area (Å²) in [7, 11) is 0. The quantitative estimate of drug-likeness (QED) is 0.879. The van der Waals surface area contributed by atoms with Crippen LogP contribution in [-0.4, -0.2) is 34.9 Å². The molecule has 0 aliphatic carbocycles. The summed E-state index contributed by atoms with van der Waals surface area (Å²) >= 11 is 0. The maximum atomic E-state index is 12.4. The van der Waals surface area contributed by atoms with Gasteiger partial charge >= 0.3 is 6.03 Å². The molecule has 1 aromatic heterocycles. The number of carbonyl (C=O) groups excluding carboxylic acids is 1. The van der Waals surface area contributed by atoms with E-state index < -0.39 is 0 Å². The molecule has 2 amide bonds. The van der Waals surface area contributed by atoms with Crippen LogP contribution in [0.3, 0.4) is 0 Å². The van der Waals surface area contributed by atoms with E-state index in [0.717, 1.165) is 30.2 Å². The molecule has 0 radical (unpaired) electrons. The highest BCUT2D eigenvalue weighted by atomic mass is 16.2. The number of aromatic nitrogens is 2. The lowest BCUT2D eigenvalue weighted by molar-refractivity contribution is 0.241. The fraction of sp³-hybridized carbons (Fsp3) is 0.450. The molecule has 0 bridgehead atoms. The van der Waals surface area contributed by atoms with E-state index in [-0.39, 0.29) is 11.6 Å². The van der Waals surface area contributed by atoms with Gasteiger partial charge in [0.25, 0.3) is 0 Å². The van der Waals surface area contributed by atoms with Crippen molar-refractivity contribution in [3.8, 4) is 0 Å². The molecule has 1 aliphatic rings. The van der Waals surface area contributed by atoms with Crippen molar-refractivity contribution in [3.05, 3.63) is 47.7 Å². The van der Waals surface area contributed by atoms with Crippen molar-refractivity contribution in [1.29, 1.82) is 0 Å². The summed E-state index contributed by atoms with van der Waals surface area (Å²) in [5, 5.41) is 14.4. The highest BCUT2D eigenvalue weighted by molar-refractivity contribution is 5.89. The van der Waals surface area contributed by atoms with Crippen LogP contribution in [0, 0.1) is 6.92 Å². The molecule has 2 aromatic rings. The zero-order valence-corrected chi connectivity index (χ0v) is 15.9. The molecule has 0 unspecified atom stereocenters. The van der Waals surface area contributed by atoms with Crippen LogP contribution >= 0.6 is 0 Å². The third-order valence-corrected chi connectivity index (χ3v) is 4.83. The number of nitrogens with one attached hydrogen (secondary N) is 2. The number of amides is 2. The first-order valence-electron chi connectivity index (χ1n) is 9.09. The molecule has 0 saturated carbocycles. The Kier molecular flexibility index (Phi) is 5.11. The smallest absolute Gasteiger partial charge is 0.319 e. The highest BCUT2D eigenvalue weighted by Gasteiger charge is 2.35. The van der Waals surface area contributed by atoms with Gasteiger partial charge in [-0.2, -0.15) is 5.10 Å². The van der Waals surface area contributed by atoms with Gasteiger partial charge < -0.3 is 15.5 Å². The molecular formula is C20H27N5O. The van der Waals surface area contributed by atoms with Crippen molar-refractivity contribution < 1.29 is 4.79 Å². The zero-order chi connectivity index (χ0) is 18.7. The van der Waals surface area contributed by atoms with Crippen LogP contribution < -0.4 is 15.5 Å². The Balaban J connectivity index is 1.57. The predicted molar refractivity (Wildman–Crippen MR) is 105 cm³/mol. The van der Waals surface area contributed by atoms with Crippen molar-refractivity contribution in [3.63, 3.8) is 0 Å². The molecule has 0 spiro atoms. The summed E-state index contributed by atoms with van der Waals surface area (Å²) in [4.78, 5) is 14.6. The number of nitrogens with zero attached hydrogens (tertiary/aromatic N) is 3. The molecule has 1 saturated heterocycles. The fourth-order valence-corrected chi connectivity index (χ4v) is 3.21. The van der Waals surface area contributed by atoms with E-state index in [1.54, 1.807) is 0 Å². The Hall–Kier alpha value is -2.63. The third kappa shape index (κ3) is 4.31. The molecule has 1 fully saturated rings. The molecule has 6 heteroatoms. The van der Waals surface area contributed by atoms with E-state index in [1.165, 1.54) is 5.56 Å². The maximum Gasteiger partial charge on any atom is 0.319 e. The molecule has 1 atom stereocenters. The van der Waals surface area contributed by atoms with Crippen LogP contribution in [0.5, 0.6) is 0 Å². The van der Waals surface area contributed by atoms with Gasteiger partial charge in [0.15, 0.2) is 5.82 Å². The Labute approximate surface area is 155 Å².